The largest absolute Gasteiger partial charge is 0.389 e. The van der Waals surface area contributed by atoms with Crippen LogP contribution in [0, 0.1) is 5.92 Å². The molecule has 1 N–H and O–H groups in total. The van der Waals surface area contributed by atoms with E-state index in [4.69, 9.17) is 0 Å². The predicted molar refractivity (Wildman–Crippen MR) is 80.5 cm³/mol. The van der Waals surface area contributed by atoms with Crippen molar-refractivity contribution in [1.29, 1.82) is 0 Å². The molecule has 2 fully saturated rings. The molecular weight excluding hydrogens is 252 g/mol. The van der Waals surface area contributed by atoms with Gasteiger partial charge in [-0.3, -0.25) is 4.79 Å². The summed E-state index contributed by atoms with van der Waals surface area (Å²) in [6.07, 6.45) is 6.22. The van der Waals surface area contributed by atoms with Gasteiger partial charge >= 0.3 is 0 Å². The Kier molecular flexibility index (Phi) is 5.08. The number of nitrogens with zero attached hydrogens (tertiary/aromatic N) is 2. The number of carbonyl (C=O) groups is 1. The Bertz CT molecular complexity index is 339. The van der Waals surface area contributed by atoms with E-state index in [2.05, 4.69) is 18.9 Å². The summed E-state index contributed by atoms with van der Waals surface area (Å²) < 4.78 is 0. The number of piperidine rings is 1. The molecular formula is C16H30N2O2. The second-order valence-corrected chi connectivity index (χ2v) is 7.06. The summed E-state index contributed by atoms with van der Waals surface area (Å²) in [4.78, 5) is 16.7. The average Bonchev–Trinajstić information content (AvgIpc) is 2.38. The van der Waals surface area contributed by atoms with Crippen LogP contribution in [-0.4, -0.2) is 59.6 Å². The van der Waals surface area contributed by atoms with E-state index in [1.807, 2.05) is 11.9 Å². The third kappa shape index (κ3) is 3.73. The highest BCUT2D eigenvalue weighted by molar-refractivity contribution is 5.77. The monoisotopic (exact) mass is 282 g/mol. The van der Waals surface area contributed by atoms with Crippen LogP contribution in [0.3, 0.4) is 0 Å². The van der Waals surface area contributed by atoms with Gasteiger partial charge in [0.05, 0.1) is 12.0 Å². The molecule has 0 radical (unpaired) electrons. The third-order valence-corrected chi connectivity index (χ3v) is 5.22. The van der Waals surface area contributed by atoms with Crippen molar-refractivity contribution in [2.45, 2.75) is 63.5 Å². The molecule has 0 aromatic heterocycles. The first-order chi connectivity index (χ1) is 9.41. The van der Waals surface area contributed by atoms with E-state index in [-0.39, 0.29) is 5.91 Å². The molecule has 2 aliphatic rings. The van der Waals surface area contributed by atoms with Crippen molar-refractivity contribution in [1.82, 2.24) is 9.80 Å². The molecule has 0 spiro atoms. The molecule has 4 heteroatoms. The van der Waals surface area contributed by atoms with E-state index in [1.165, 1.54) is 6.42 Å². The van der Waals surface area contributed by atoms with Crippen molar-refractivity contribution in [2.24, 2.45) is 5.92 Å². The number of carbonyl (C=O) groups excluding carboxylic acids is 1. The van der Waals surface area contributed by atoms with E-state index in [0.29, 0.717) is 18.4 Å². The highest BCUT2D eigenvalue weighted by atomic mass is 16.3. The van der Waals surface area contributed by atoms with Gasteiger partial charge in [-0.05, 0) is 38.8 Å². The van der Waals surface area contributed by atoms with Crippen molar-refractivity contribution in [3.63, 3.8) is 0 Å². The standard InChI is InChI=1S/C16H30N2O2/c1-13-12-17(2)10-7-14(13)18(3)15(19)11-16(20)8-5-4-6-9-16/h13-14,20H,4-12H2,1-3H3. The smallest absolute Gasteiger partial charge is 0.225 e. The molecule has 2 atom stereocenters. The lowest BCUT2D eigenvalue weighted by molar-refractivity contribution is -0.140. The minimum atomic E-state index is -0.738. The minimum absolute atomic E-state index is 0.121. The molecule has 4 nitrogen and oxygen atoms in total. The highest BCUT2D eigenvalue weighted by Crippen LogP contribution is 2.32. The molecule has 2 rings (SSSR count). The van der Waals surface area contributed by atoms with Gasteiger partial charge in [-0.25, -0.2) is 0 Å². The number of hydrogen-bond donors (Lipinski definition) is 1. The van der Waals surface area contributed by atoms with Crippen LogP contribution in [-0.2, 0) is 4.79 Å². The topological polar surface area (TPSA) is 43.8 Å². The van der Waals surface area contributed by atoms with Gasteiger partial charge in [0.25, 0.3) is 0 Å². The predicted octanol–water partition coefficient (Wildman–Crippen LogP) is 1.87. The van der Waals surface area contributed by atoms with E-state index in [0.717, 1.165) is 45.2 Å². The number of rotatable bonds is 3. The zero-order valence-corrected chi connectivity index (χ0v) is 13.3. The van der Waals surface area contributed by atoms with Gasteiger partial charge in [0.2, 0.25) is 5.91 Å². The molecule has 2 unspecified atom stereocenters. The molecule has 1 saturated heterocycles. The maximum absolute atomic E-state index is 12.5. The lowest BCUT2D eigenvalue weighted by Gasteiger charge is -2.41. The Balaban J connectivity index is 1.91. The van der Waals surface area contributed by atoms with E-state index in [9.17, 15) is 9.90 Å². The van der Waals surface area contributed by atoms with Crippen molar-refractivity contribution < 1.29 is 9.90 Å². The maximum Gasteiger partial charge on any atom is 0.225 e. The first kappa shape index (κ1) is 15.8. The molecule has 0 aromatic rings. The van der Waals surface area contributed by atoms with Crippen molar-refractivity contribution in [3.8, 4) is 0 Å². The van der Waals surface area contributed by atoms with Crippen LogP contribution in [0.1, 0.15) is 51.9 Å². The average molecular weight is 282 g/mol. The Morgan fingerprint density at radius 3 is 2.60 bits per heavy atom. The Morgan fingerprint density at radius 1 is 1.35 bits per heavy atom. The van der Waals surface area contributed by atoms with Gasteiger partial charge in [-0.1, -0.05) is 26.2 Å². The van der Waals surface area contributed by atoms with Crippen LogP contribution in [0.4, 0.5) is 0 Å². The van der Waals surface area contributed by atoms with Gasteiger partial charge in [0.1, 0.15) is 0 Å². The van der Waals surface area contributed by atoms with Gasteiger partial charge in [0.15, 0.2) is 0 Å². The highest BCUT2D eigenvalue weighted by Gasteiger charge is 2.36. The van der Waals surface area contributed by atoms with E-state index in [1.54, 1.807) is 0 Å². The number of amides is 1. The normalized spacial score (nSPS) is 31.0. The van der Waals surface area contributed by atoms with Gasteiger partial charge in [0, 0.05) is 19.6 Å². The van der Waals surface area contributed by atoms with Gasteiger partial charge in [-0.15, -0.1) is 0 Å². The van der Waals surface area contributed by atoms with E-state index < -0.39 is 5.60 Å². The zero-order valence-electron chi connectivity index (χ0n) is 13.3. The summed E-state index contributed by atoms with van der Waals surface area (Å²) in [7, 11) is 4.06. The number of likely N-dealkylation sites (tertiary alicyclic amines) is 1. The molecule has 1 amide bonds. The molecule has 0 aromatic carbocycles. The van der Waals surface area contributed by atoms with Crippen LogP contribution < -0.4 is 0 Å². The lowest BCUT2D eigenvalue weighted by atomic mass is 9.82. The second-order valence-electron chi connectivity index (χ2n) is 7.06. The summed E-state index contributed by atoms with van der Waals surface area (Å²) >= 11 is 0. The molecule has 1 aliphatic carbocycles. The van der Waals surface area contributed by atoms with Crippen molar-refractivity contribution in [2.75, 3.05) is 27.2 Å². The van der Waals surface area contributed by atoms with Crippen LogP contribution in [0.5, 0.6) is 0 Å². The van der Waals surface area contributed by atoms with Crippen LogP contribution in [0.2, 0.25) is 0 Å². The quantitative estimate of drug-likeness (QED) is 0.859. The maximum atomic E-state index is 12.5. The third-order valence-electron chi connectivity index (χ3n) is 5.22. The Hall–Kier alpha value is -0.610. The van der Waals surface area contributed by atoms with Crippen LogP contribution in [0.15, 0.2) is 0 Å². The minimum Gasteiger partial charge on any atom is -0.389 e. The molecule has 1 saturated carbocycles. The van der Waals surface area contributed by atoms with Gasteiger partial charge in [-0.2, -0.15) is 0 Å². The fraction of sp³-hybridized carbons (Fsp3) is 0.938. The summed E-state index contributed by atoms with van der Waals surface area (Å²) in [5.74, 6) is 0.625. The molecule has 116 valence electrons. The molecule has 20 heavy (non-hydrogen) atoms. The second kappa shape index (κ2) is 6.44. The fourth-order valence-electron chi connectivity index (χ4n) is 3.89. The molecule has 0 bridgehead atoms. The number of aliphatic hydroxyl groups is 1. The molecule has 1 heterocycles. The van der Waals surface area contributed by atoms with Crippen LogP contribution in [0.25, 0.3) is 0 Å². The fourth-order valence-corrected chi connectivity index (χ4v) is 3.89. The van der Waals surface area contributed by atoms with E-state index >= 15 is 0 Å². The molecule has 1 aliphatic heterocycles. The lowest BCUT2D eigenvalue weighted by Crippen LogP contribution is -2.51. The van der Waals surface area contributed by atoms with Crippen LogP contribution >= 0.6 is 0 Å². The number of hydrogen-bond acceptors (Lipinski definition) is 3. The first-order valence-electron chi connectivity index (χ1n) is 8.08. The first-order valence-corrected chi connectivity index (χ1v) is 8.08. The zero-order chi connectivity index (χ0) is 14.8. The Morgan fingerprint density at radius 2 is 2.00 bits per heavy atom. The van der Waals surface area contributed by atoms with Crippen molar-refractivity contribution >= 4 is 5.91 Å². The summed E-state index contributed by atoms with van der Waals surface area (Å²) in [5, 5.41) is 10.5. The summed E-state index contributed by atoms with van der Waals surface area (Å²) in [6.45, 7) is 4.32. The summed E-state index contributed by atoms with van der Waals surface area (Å²) in [5.41, 5.74) is -0.738. The Labute approximate surface area is 123 Å². The summed E-state index contributed by atoms with van der Waals surface area (Å²) in [6, 6.07) is 0.325. The van der Waals surface area contributed by atoms with Gasteiger partial charge < -0.3 is 14.9 Å². The van der Waals surface area contributed by atoms with Crippen molar-refractivity contribution in [3.05, 3.63) is 0 Å². The SMILES string of the molecule is CC1CN(C)CCC1N(C)C(=O)CC1(O)CCCCC1.